The highest BCUT2D eigenvalue weighted by molar-refractivity contribution is 6.26. The maximum atomic E-state index is 6.47. The molecule has 0 aliphatic carbocycles. The van der Waals surface area contributed by atoms with Crippen LogP contribution in [0.4, 0.5) is 0 Å². The molecule has 0 aliphatic heterocycles. The minimum absolute atomic E-state index is 0.772. The molecule has 5 nitrogen and oxygen atoms in total. The summed E-state index contributed by atoms with van der Waals surface area (Å²) in [7, 11) is 0. The number of aromatic nitrogens is 4. The maximum absolute atomic E-state index is 6.47. The number of para-hydroxylation sites is 3. The van der Waals surface area contributed by atoms with E-state index in [2.05, 4.69) is 122 Å². The van der Waals surface area contributed by atoms with Gasteiger partial charge in [0.05, 0.1) is 34.0 Å². The minimum atomic E-state index is 0.772. The summed E-state index contributed by atoms with van der Waals surface area (Å²) in [5, 5.41) is 5.93. The molecule has 5 aromatic carbocycles. The first-order valence-electron chi connectivity index (χ1n) is 15.7. The molecule has 47 heavy (non-hydrogen) atoms. The van der Waals surface area contributed by atoms with Crippen LogP contribution < -0.4 is 0 Å². The van der Waals surface area contributed by atoms with Crippen LogP contribution in [-0.2, 0) is 0 Å². The van der Waals surface area contributed by atoms with Gasteiger partial charge in [-0.25, -0.2) is 0 Å². The summed E-state index contributed by atoms with van der Waals surface area (Å²) in [6, 6.07) is 49.0. The Balaban J connectivity index is 1.29. The molecule has 0 unspecified atom stereocenters. The number of hydrogen-bond acceptors (Lipinski definition) is 3. The third-order valence-corrected chi connectivity index (χ3v) is 9.26. The Hall–Kier alpha value is -6.46. The Labute approximate surface area is 269 Å². The van der Waals surface area contributed by atoms with E-state index in [-0.39, 0.29) is 0 Å². The Morgan fingerprint density at radius 1 is 0.511 bits per heavy atom. The maximum Gasteiger partial charge on any atom is 0.161 e. The molecule has 0 fully saturated rings. The molecule has 5 heteroatoms. The highest BCUT2D eigenvalue weighted by atomic mass is 16.3. The molecule has 5 heterocycles. The van der Waals surface area contributed by atoms with Gasteiger partial charge >= 0.3 is 0 Å². The topological polar surface area (TPSA) is 48.8 Å². The zero-order valence-electron chi connectivity index (χ0n) is 25.2. The van der Waals surface area contributed by atoms with Crippen molar-refractivity contribution in [2.75, 3.05) is 0 Å². The van der Waals surface area contributed by atoms with E-state index in [1.165, 1.54) is 27.1 Å². The van der Waals surface area contributed by atoms with Crippen LogP contribution in [0.2, 0.25) is 0 Å². The molecule has 0 aliphatic rings. The zero-order chi connectivity index (χ0) is 30.9. The van der Waals surface area contributed by atoms with E-state index in [9.17, 15) is 0 Å². The van der Waals surface area contributed by atoms with Crippen molar-refractivity contribution in [3.8, 4) is 34.0 Å². The third-order valence-electron chi connectivity index (χ3n) is 9.26. The van der Waals surface area contributed by atoms with Gasteiger partial charge in [-0.2, -0.15) is 0 Å². The Morgan fingerprint density at radius 2 is 1.28 bits per heavy atom. The summed E-state index contributed by atoms with van der Waals surface area (Å²) in [6.07, 6.45) is 5.59. The average Bonchev–Trinajstić information content (AvgIpc) is 3.80. The van der Waals surface area contributed by atoms with Crippen molar-refractivity contribution in [1.29, 1.82) is 0 Å². The molecule has 10 rings (SSSR count). The lowest BCUT2D eigenvalue weighted by Gasteiger charge is -2.11. The SMILES string of the molecule is c1ccc(-c2oc3ccccc3c2-c2cccc(-n3c4ccccc4c4c3ccc3c5ccccc5n(-c5cccnc5)c34)c2)nc1. The molecule has 0 saturated heterocycles. The van der Waals surface area contributed by atoms with E-state index in [1.54, 1.807) is 0 Å². The van der Waals surface area contributed by atoms with Crippen LogP contribution in [0.25, 0.3) is 88.5 Å². The summed E-state index contributed by atoms with van der Waals surface area (Å²) in [5.74, 6) is 0.772. The number of hydrogen-bond donors (Lipinski definition) is 0. The number of pyridine rings is 2. The Bertz CT molecular complexity index is 2790. The molecule has 220 valence electrons. The van der Waals surface area contributed by atoms with Gasteiger partial charge < -0.3 is 13.6 Å². The summed E-state index contributed by atoms with van der Waals surface area (Å²) < 4.78 is 11.2. The predicted octanol–water partition coefficient (Wildman–Crippen LogP) is 10.8. The summed E-state index contributed by atoms with van der Waals surface area (Å²) in [6.45, 7) is 0. The van der Waals surface area contributed by atoms with Crippen molar-refractivity contribution in [3.05, 3.63) is 158 Å². The highest BCUT2D eigenvalue weighted by Crippen LogP contribution is 2.44. The number of rotatable bonds is 4. The Kier molecular flexibility index (Phi) is 5.51. The van der Waals surface area contributed by atoms with Crippen LogP contribution in [-0.4, -0.2) is 19.1 Å². The van der Waals surface area contributed by atoms with E-state index in [1.807, 2.05) is 55.0 Å². The van der Waals surface area contributed by atoms with E-state index >= 15 is 0 Å². The largest absolute Gasteiger partial charge is 0.454 e. The second kappa shape index (κ2) is 10.0. The lowest BCUT2D eigenvalue weighted by Crippen LogP contribution is -1.96. The van der Waals surface area contributed by atoms with Gasteiger partial charge in [-0.05, 0) is 66.2 Å². The van der Waals surface area contributed by atoms with E-state index in [4.69, 9.17) is 4.42 Å². The molecule has 0 amide bonds. The summed E-state index contributed by atoms with van der Waals surface area (Å²) in [5.41, 5.74) is 10.5. The monoisotopic (exact) mass is 602 g/mol. The summed E-state index contributed by atoms with van der Waals surface area (Å²) >= 11 is 0. The van der Waals surface area contributed by atoms with Crippen LogP contribution in [0, 0.1) is 0 Å². The number of nitrogens with zero attached hydrogens (tertiary/aromatic N) is 4. The van der Waals surface area contributed by atoms with Gasteiger partial charge in [0, 0.05) is 50.6 Å². The molecular weight excluding hydrogens is 576 g/mol. The highest BCUT2D eigenvalue weighted by Gasteiger charge is 2.22. The smallest absolute Gasteiger partial charge is 0.161 e. The number of benzene rings is 5. The van der Waals surface area contributed by atoms with Crippen molar-refractivity contribution in [2.24, 2.45) is 0 Å². The number of fused-ring (bicyclic) bond motifs is 8. The van der Waals surface area contributed by atoms with E-state index in [0.717, 1.165) is 61.5 Å². The Morgan fingerprint density at radius 3 is 2.11 bits per heavy atom. The first kappa shape index (κ1) is 25.8. The van der Waals surface area contributed by atoms with Crippen LogP contribution in [0.5, 0.6) is 0 Å². The third kappa shape index (κ3) is 3.77. The number of furan rings is 1. The van der Waals surface area contributed by atoms with Crippen molar-refractivity contribution in [3.63, 3.8) is 0 Å². The van der Waals surface area contributed by atoms with Gasteiger partial charge in [0.15, 0.2) is 5.76 Å². The van der Waals surface area contributed by atoms with Crippen molar-refractivity contribution < 1.29 is 4.42 Å². The lowest BCUT2D eigenvalue weighted by molar-refractivity contribution is 0.629. The standard InChI is InChI=1S/C42H26N4O/c1-4-18-35-30(14-1)31-21-22-37-40(41(31)46(35)29-13-10-23-43-26-29)32-15-2-5-19-36(32)45(37)28-12-9-11-27(25-28)39-33-16-3-6-20-38(33)47-42(39)34-17-7-8-24-44-34/h1-26H. The fourth-order valence-electron chi connectivity index (χ4n) is 7.35. The zero-order valence-corrected chi connectivity index (χ0v) is 25.2. The van der Waals surface area contributed by atoms with Crippen molar-refractivity contribution in [2.45, 2.75) is 0 Å². The molecule has 0 radical (unpaired) electrons. The fraction of sp³-hybridized carbons (Fsp3) is 0. The second-order valence-corrected chi connectivity index (χ2v) is 11.8. The van der Waals surface area contributed by atoms with Crippen molar-refractivity contribution >= 4 is 54.6 Å². The normalized spacial score (nSPS) is 11.8. The van der Waals surface area contributed by atoms with Gasteiger partial charge in [0.1, 0.15) is 11.3 Å². The van der Waals surface area contributed by atoms with Gasteiger partial charge in [-0.1, -0.05) is 78.9 Å². The van der Waals surface area contributed by atoms with Crippen LogP contribution >= 0.6 is 0 Å². The molecular formula is C42H26N4O. The predicted molar refractivity (Wildman–Crippen MR) is 191 cm³/mol. The molecule has 10 aromatic rings. The minimum Gasteiger partial charge on any atom is -0.454 e. The van der Waals surface area contributed by atoms with Gasteiger partial charge in [-0.15, -0.1) is 0 Å². The molecule has 0 atom stereocenters. The first-order chi connectivity index (χ1) is 23.3. The van der Waals surface area contributed by atoms with Crippen molar-refractivity contribution in [1.82, 2.24) is 19.1 Å². The quantitative estimate of drug-likeness (QED) is 0.201. The van der Waals surface area contributed by atoms with Gasteiger partial charge in [-0.3, -0.25) is 9.97 Å². The molecule has 5 aromatic heterocycles. The van der Waals surface area contributed by atoms with E-state index < -0.39 is 0 Å². The van der Waals surface area contributed by atoms with Crippen LogP contribution in [0.15, 0.2) is 163 Å². The summed E-state index contributed by atoms with van der Waals surface area (Å²) in [4.78, 5) is 9.15. The van der Waals surface area contributed by atoms with Crippen LogP contribution in [0.1, 0.15) is 0 Å². The van der Waals surface area contributed by atoms with Gasteiger partial charge in [0.25, 0.3) is 0 Å². The molecule has 0 spiro atoms. The van der Waals surface area contributed by atoms with Gasteiger partial charge in [0.2, 0.25) is 0 Å². The first-order valence-corrected chi connectivity index (χ1v) is 15.7. The lowest BCUT2D eigenvalue weighted by atomic mass is 10.00. The molecule has 0 N–H and O–H groups in total. The fourth-order valence-corrected chi connectivity index (χ4v) is 7.35. The van der Waals surface area contributed by atoms with E-state index in [0.29, 0.717) is 0 Å². The average molecular weight is 603 g/mol. The molecule has 0 bridgehead atoms. The second-order valence-electron chi connectivity index (χ2n) is 11.8. The molecule has 0 saturated carbocycles. The van der Waals surface area contributed by atoms with Crippen LogP contribution in [0.3, 0.4) is 0 Å².